The Morgan fingerprint density at radius 3 is 2.75 bits per heavy atom. The molecular formula is C12H23N3O. The predicted octanol–water partition coefficient (Wildman–Crippen LogP) is 0.278. The molecule has 2 aliphatic rings. The van der Waals surface area contributed by atoms with Crippen LogP contribution in [0, 0.1) is 5.41 Å². The number of likely N-dealkylation sites (N-methyl/N-ethyl adjacent to an activating group) is 1. The summed E-state index contributed by atoms with van der Waals surface area (Å²) in [7, 11) is 1.93. The van der Waals surface area contributed by atoms with Crippen molar-refractivity contribution in [2.45, 2.75) is 32.2 Å². The minimum Gasteiger partial charge on any atom is -0.342 e. The van der Waals surface area contributed by atoms with E-state index in [-0.39, 0.29) is 11.3 Å². The zero-order valence-electron chi connectivity index (χ0n) is 10.4. The van der Waals surface area contributed by atoms with Crippen LogP contribution in [-0.4, -0.2) is 55.0 Å². The summed E-state index contributed by atoms with van der Waals surface area (Å²) in [6.45, 7) is 5.48. The van der Waals surface area contributed by atoms with Crippen LogP contribution in [0.5, 0.6) is 0 Å². The number of amides is 1. The molecule has 0 radical (unpaired) electrons. The van der Waals surface area contributed by atoms with E-state index in [1.54, 1.807) is 0 Å². The number of carbonyl (C=O) groups is 1. The lowest BCUT2D eigenvalue weighted by Crippen LogP contribution is -2.40. The van der Waals surface area contributed by atoms with E-state index in [0.717, 1.165) is 26.1 Å². The normalized spacial score (nSPS) is 30.7. The first-order valence-electron chi connectivity index (χ1n) is 6.22. The first kappa shape index (κ1) is 11.9. The highest BCUT2D eigenvalue weighted by atomic mass is 16.2. The molecule has 1 aliphatic heterocycles. The fraction of sp³-hybridized carbons (Fsp3) is 0.917. The third-order valence-corrected chi connectivity index (χ3v) is 3.98. The molecule has 0 bridgehead atoms. The Balaban J connectivity index is 1.80. The Hall–Kier alpha value is -0.610. The number of rotatable bonds is 4. The van der Waals surface area contributed by atoms with Gasteiger partial charge in [-0.3, -0.25) is 9.69 Å². The van der Waals surface area contributed by atoms with Gasteiger partial charge >= 0.3 is 0 Å². The molecule has 0 aromatic heterocycles. The zero-order valence-corrected chi connectivity index (χ0v) is 10.4. The highest BCUT2D eigenvalue weighted by molar-refractivity contribution is 5.78. The lowest BCUT2D eigenvalue weighted by atomic mass is 9.90. The van der Waals surface area contributed by atoms with E-state index in [2.05, 4.69) is 11.8 Å². The first-order chi connectivity index (χ1) is 7.54. The molecule has 1 saturated heterocycles. The van der Waals surface area contributed by atoms with Crippen molar-refractivity contribution in [3.05, 3.63) is 0 Å². The molecule has 1 atom stereocenters. The van der Waals surface area contributed by atoms with E-state index in [9.17, 15) is 4.79 Å². The molecule has 2 N–H and O–H groups in total. The third kappa shape index (κ3) is 2.55. The standard InChI is InChI=1S/C12H23N3O/c1-12(8-13)5-6-15(9-12)7-11(16)14(2)10-3-4-10/h10H,3-9,13H2,1-2H3. The van der Waals surface area contributed by atoms with E-state index >= 15 is 0 Å². The topological polar surface area (TPSA) is 49.6 Å². The van der Waals surface area contributed by atoms with Crippen molar-refractivity contribution in [2.75, 3.05) is 33.2 Å². The first-order valence-corrected chi connectivity index (χ1v) is 6.22. The second-order valence-corrected chi connectivity index (χ2v) is 5.71. The van der Waals surface area contributed by atoms with Crippen LogP contribution in [-0.2, 0) is 4.79 Å². The molecule has 92 valence electrons. The van der Waals surface area contributed by atoms with Crippen molar-refractivity contribution in [2.24, 2.45) is 11.1 Å². The second-order valence-electron chi connectivity index (χ2n) is 5.71. The molecule has 0 aromatic carbocycles. The molecule has 0 aromatic rings. The molecule has 1 aliphatic carbocycles. The summed E-state index contributed by atoms with van der Waals surface area (Å²) in [5.41, 5.74) is 5.98. The van der Waals surface area contributed by atoms with Crippen LogP contribution in [0.4, 0.5) is 0 Å². The number of carbonyl (C=O) groups excluding carboxylic acids is 1. The van der Waals surface area contributed by atoms with Crippen LogP contribution in [0.3, 0.4) is 0 Å². The minimum atomic E-state index is 0.221. The van der Waals surface area contributed by atoms with Crippen LogP contribution in [0.2, 0.25) is 0 Å². The molecule has 1 saturated carbocycles. The molecule has 1 amide bonds. The lowest BCUT2D eigenvalue weighted by molar-refractivity contribution is -0.131. The summed E-state index contributed by atoms with van der Waals surface area (Å²) in [4.78, 5) is 16.1. The maximum absolute atomic E-state index is 11.9. The molecular weight excluding hydrogens is 202 g/mol. The van der Waals surface area contributed by atoms with Gasteiger partial charge in [0.15, 0.2) is 0 Å². The smallest absolute Gasteiger partial charge is 0.236 e. The molecule has 0 spiro atoms. The molecule has 4 nitrogen and oxygen atoms in total. The van der Waals surface area contributed by atoms with E-state index < -0.39 is 0 Å². The van der Waals surface area contributed by atoms with Gasteiger partial charge in [-0.25, -0.2) is 0 Å². The molecule has 16 heavy (non-hydrogen) atoms. The summed E-state index contributed by atoms with van der Waals surface area (Å²) in [5, 5.41) is 0. The summed E-state index contributed by atoms with van der Waals surface area (Å²) in [5.74, 6) is 0.267. The molecule has 2 rings (SSSR count). The van der Waals surface area contributed by atoms with E-state index in [4.69, 9.17) is 5.73 Å². The van der Waals surface area contributed by atoms with Crippen LogP contribution in [0.25, 0.3) is 0 Å². The van der Waals surface area contributed by atoms with Gasteiger partial charge in [0.25, 0.3) is 0 Å². The number of hydrogen-bond acceptors (Lipinski definition) is 3. The highest BCUT2D eigenvalue weighted by Gasteiger charge is 2.35. The quantitative estimate of drug-likeness (QED) is 0.747. The van der Waals surface area contributed by atoms with Crippen LogP contribution >= 0.6 is 0 Å². The largest absolute Gasteiger partial charge is 0.342 e. The Kier molecular flexibility index (Phi) is 3.22. The van der Waals surface area contributed by atoms with Gasteiger partial charge in [-0.2, -0.15) is 0 Å². The Labute approximate surface area is 97.8 Å². The number of hydrogen-bond donors (Lipinski definition) is 1. The maximum Gasteiger partial charge on any atom is 0.236 e. The summed E-state index contributed by atoms with van der Waals surface area (Å²) < 4.78 is 0. The Bertz CT molecular complexity index is 277. The van der Waals surface area contributed by atoms with Gasteiger partial charge in [0.2, 0.25) is 5.91 Å². The fourth-order valence-corrected chi connectivity index (χ4v) is 2.40. The van der Waals surface area contributed by atoms with Gasteiger partial charge in [-0.1, -0.05) is 6.92 Å². The van der Waals surface area contributed by atoms with Crippen molar-refractivity contribution in [3.63, 3.8) is 0 Å². The van der Waals surface area contributed by atoms with Gasteiger partial charge < -0.3 is 10.6 Å². The van der Waals surface area contributed by atoms with Crippen molar-refractivity contribution in [1.29, 1.82) is 0 Å². The molecule has 2 fully saturated rings. The predicted molar refractivity (Wildman–Crippen MR) is 64.0 cm³/mol. The maximum atomic E-state index is 11.9. The van der Waals surface area contributed by atoms with Crippen LogP contribution in [0.15, 0.2) is 0 Å². The minimum absolute atomic E-state index is 0.221. The number of likely N-dealkylation sites (tertiary alicyclic amines) is 1. The van der Waals surface area contributed by atoms with Gasteiger partial charge in [0.1, 0.15) is 0 Å². The van der Waals surface area contributed by atoms with Crippen molar-refractivity contribution < 1.29 is 4.79 Å². The van der Waals surface area contributed by atoms with Crippen molar-refractivity contribution in [3.8, 4) is 0 Å². The molecule has 4 heteroatoms. The highest BCUT2D eigenvalue weighted by Crippen LogP contribution is 2.29. The second kappa shape index (κ2) is 4.34. The average Bonchev–Trinajstić information content (AvgIpc) is 3.04. The Morgan fingerprint density at radius 2 is 2.25 bits per heavy atom. The zero-order chi connectivity index (χ0) is 11.8. The molecule has 1 heterocycles. The number of nitrogens with two attached hydrogens (primary N) is 1. The van der Waals surface area contributed by atoms with E-state index in [1.165, 1.54) is 12.8 Å². The summed E-state index contributed by atoms with van der Waals surface area (Å²) in [6.07, 6.45) is 3.48. The summed E-state index contributed by atoms with van der Waals surface area (Å²) >= 11 is 0. The van der Waals surface area contributed by atoms with Gasteiger partial charge in [0, 0.05) is 19.6 Å². The van der Waals surface area contributed by atoms with Gasteiger partial charge in [0.05, 0.1) is 6.54 Å². The molecule has 1 unspecified atom stereocenters. The van der Waals surface area contributed by atoms with E-state index in [0.29, 0.717) is 12.6 Å². The summed E-state index contributed by atoms with van der Waals surface area (Å²) in [6, 6.07) is 0.524. The van der Waals surface area contributed by atoms with Crippen LogP contribution in [0.1, 0.15) is 26.2 Å². The SMILES string of the molecule is CN(C(=O)CN1CCC(C)(CN)C1)C1CC1. The van der Waals surface area contributed by atoms with Gasteiger partial charge in [-0.15, -0.1) is 0 Å². The average molecular weight is 225 g/mol. The number of nitrogens with zero attached hydrogens (tertiary/aromatic N) is 2. The fourth-order valence-electron chi connectivity index (χ4n) is 2.40. The van der Waals surface area contributed by atoms with Crippen LogP contribution < -0.4 is 5.73 Å². The van der Waals surface area contributed by atoms with Crippen molar-refractivity contribution >= 4 is 5.91 Å². The van der Waals surface area contributed by atoms with E-state index in [1.807, 2.05) is 11.9 Å². The van der Waals surface area contributed by atoms with Gasteiger partial charge in [-0.05, 0) is 37.8 Å². The van der Waals surface area contributed by atoms with Crippen molar-refractivity contribution in [1.82, 2.24) is 9.80 Å². The lowest BCUT2D eigenvalue weighted by Gasteiger charge is -2.24. The Morgan fingerprint density at radius 1 is 1.56 bits per heavy atom. The third-order valence-electron chi connectivity index (χ3n) is 3.98. The monoisotopic (exact) mass is 225 g/mol.